The number of hydrogen-bond acceptors (Lipinski definition) is 4. The molecule has 0 radical (unpaired) electrons. The topological polar surface area (TPSA) is 50.4 Å². The lowest BCUT2D eigenvalue weighted by Crippen LogP contribution is -2.38. The molecule has 0 aliphatic rings. The van der Waals surface area contributed by atoms with Crippen molar-refractivity contribution in [1.82, 2.24) is 10.6 Å². The van der Waals surface area contributed by atoms with E-state index < -0.39 is 0 Å². The lowest BCUT2D eigenvalue weighted by molar-refractivity contribution is 0.0976. The monoisotopic (exact) mass is 466 g/mol. The van der Waals surface area contributed by atoms with E-state index in [1.165, 1.54) is 4.90 Å². The Balaban J connectivity index is 1.86. The minimum atomic E-state index is -0.258. The third-order valence-corrected chi connectivity index (χ3v) is 5.40. The summed E-state index contributed by atoms with van der Waals surface area (Å²) in [5.41, 5.74) is 1.61. The molecule has 1 amide bonds. The third kappa shape index (κ3) is 7.16. The van der Waals surface area contributed by atoms with Gasteiger partial charge in [-0.2, -0.15) is 0 Å². The largest absolute Gasteiger partial charge is 0.492 e. The molecule has 2 aromatic rings. The van der Waals surface area contributed by atoms with Crippen molar-refractivity contribution in [2.75, 3.05) is 12.9 Å². The molecule has 0 aliphatic carbocycles. The van der Waals surface area contributed by atoms with Crippen LogP contribution in [0.2, 0.25) is 0 Å². The van der Waals surface area contributed by atoms with Crippen LogP contribution in [-0.2, 0) is 6.54 Å². The van der Waals surface area contributed by atoms with Gasteiger partial charge in [-0.3, -0.25) is 10.1 Å². The maximum absolute atomic E-state index is 12.4. The normalized spacial score (nSPS) is 10.3. The zero-order chi connectivity index (χ0) is 19.6. The lowest BCUT2D eigenvalue weighted by Gasteiger charge is -2.12. The van der Waals surface area contributed by atoms with Crippen molar-refractivity contribution < 1.29 is 9.53 Å². The predicted molar refractivity (Wildman–Crippen MR) is 120 cm³/mol. The number of thiocarbonyl (C=S) groups is 1. The molecular weight excluding hydrogens is 444 g/mol. The summed E-state index contributed by atoms with van der Waals surface area (Å²) in [7, 11) is 0. The second-order valence-corrected chi connectivity index (χ2v) is 7.97. The summed E-state index contributed by atoms with van der Waals surface area (Å²) in [6, 6.07) is 13.5. The number of benzene rings is 2. The standard InChI is InChI=1S/C20H23BrN2O2S2/c1-3-4-11-25-18-10-7-15(12-17(18)21)19(24)23-20(26)22-13-14-5-8-16(27-2)9-6-14/h5-10,12H,3-4,11,13H2,1-2H3,(H2,22,23,24,26). The summed E-state index contributed by atoms with van der Waals surface area (Å²) in [5, 5.41) is 6.06. The molecule has 0 saturated carbocycles. The molecular formula is C20H23BrN2O2S2. The highest BCUT2D eigenvalue weighted by Gasteiger charge is 2.11. The summed E-state index contributed by atoms with van der Waals surface area (Å²) in [5.74, 6) is 0.473. The van der Waals surface area contributed by atoms with E-state index in [-0.39, 0.29) is 5.91 Å². The summed E-state index contributed by atoms with van der Waals surface area (Å²) in [6.45, 7) is 3.33. The van der Waals surface area contributed by atoms with Crippen LogP contribution in [-0.4, -0.2) is 23.9 Å². The van der Waals surface area contributed by atoms with E-state index in [0.29, 0.717) is 23.8 Å². The van der Waals surface area contributed by atoms with Crippen LogP contribution in [0.3, 0.4) is 0 Å². The molecule has 2 aromatic carbocycles. The van der Waals surface area contributed by atoms with E-state index in [0.717, 1.165) is 28.6 Å². The van der Waals surface area contributed by atoms with Gasteiger partial charge in [-0.1, -0.05) is 25.5 Å². The molecule has 0 heterocycles. The third-order valence-electron chi connectivity index (χ3n) is 3.79. The Labute approximate surface area is 178 Å². The van der Waals surface area contributed by atoms with Gasteiger partial charge in [0.15, 0.2) is 5.11 Å². The minimum absolute atomic E-state index is 0.258. The van der Waals surface area contributed by atoms with Crippen LogP contribution in [0.4, 0.5) is 0 Å². The molecule has 0 aliphatic heterocycles. The molecule has 0 saturated heterocycles. The lowest BCUT2D eigenvalue weighted by atomic mass is 10.2. The van der Waals surface area contributed by atoms with E-state index in [1.54, 1.807) is 30.0 Å². The number of nitrogens with one attached hydrogen (secondary N) is 2. The van der Waals surface area contributed by atoms with E-state index in [9.17, 15) is 4.79 Å². The molecule has 27 heavy (non-hydrogen) atoms. The van der Waals surface area contributed by atoms with Gasteiger partial charge in [-0.15, -0.1) is 11.8 Å². The summed E-state index contributed by atoms with van der Waals surface area (Å²) in [4.78, 5) is 13.6. The van der Waals surface area contributed by atoms with Crippen molar-refractivity contribution in [3.8, 4) is 5.75 Å². The van der Waals surface area contributed by atoms with Crippen LogP contribution >= 0.6 is 39.9 Å². The molecule has 0 spiro atoms. The van der Waals surface area contributed by atoms with Gasteiger partial charge in [0.25, 0.3) is 5.91 Å². The second-order valence-electron chi connectivity index (χ2n) is 5.83. The van der Waals surface area contributed by atoms with E-state index >= 15 is 0 Å². The zero-order valence-electron chi connectivity index (χ0n) is 15.4. The van der Waals surface area contributed by atoms with Gasteiger partial charge < -0.3 is 10.1 Å². The van der Waals surface area contributed by atoms with Crippen LogP contribution in [0.5, 0.6) is 5.75 Å². The number of ether oxygens (including phenoxy) is 1. The molecule has 7 heteroatoms. The molecule has 0 aromatic heterocycles. The van der Waals surface area contributed by atoms with Crippen LogP contribution in [0.15, 0.2) is 51.8 Å². The number of thioether (sulfide) groups is 1. The average Bonchev–Trinajstić information content (AvgIpc) is 2.68. The molecule has 0 unspecified atom stereocenters. The SMILES string of the molecule is CCCCOc1ccc(C(=O)NC(=S)NCc2ccc(SC)cc2)cc1Br. The first-order chi connectivity index (χ1) is 13.0. The Morgan fingerprint density at radius 1 is 1.22 bits per heavy atom. The maximum atomic E-state index is 12.4. The quantitative estimate of drug-likeness (QED) is 0.319. The Bertz CT molecular complexity index is 782. The molecule has 0 fully saturated rings. The highest BCUT2D eigenvalue weighted by Crippen LogP contribution is 2.26. The Morgan fingerprint density at radius 2 is 1.96 bits per heavy atom. The molecule has 0 atom stereocenters. The zero-order valence-corrected chi connectivity index (χ0v) is 18.6. The predicted octanol–water partition coefficient (Wildman–Crippen LogP) is 5.15. The maximum Gasteiger partial charge on any atom is 0.257 e. The van der Waals surface area contributed by atoms with Gasteiger partial charge in [-0.25, -0.2) is 0 Å². The summed E-state index contributed by atoms with van der Waals surface area (Å²) in [6.07, 6.45) is 4.11. The molecule has 4 nitrogen and oxygen atoms in total. The van der Waals surface area contributed by atoms with Crippen molar-refractivity contribution in [3.05, 3.63) is 58.1 Å². The smallest absolute Gasteiger partial charge is 0.257 e. The summed E-state index contributed by atoms with van der Waals surface area (Å²) >= 11 is 10.4. The highest BCUT2D eigenvalue weighted by molar-refractivity contribution is 9.10. The first-order valence-corrected chi connectivity index (χ1v) is 11.1. The average molecular weight is 467 g/mol. The van der Waals surface area contributed by atoms with Crippen molar-refractivity contribution in [2.45, 2.75) is 31.2 Å². The fourth-order valence-electron chi connectivity index (χ4n) is 2.23. The number of rotatable bonds is 8. The Kier molecular flexibility index (Phi) is 9.10. The van der Waals surface area contributed by atoms with Gasteiger partial charge in [0, 0.05) is 17.0 Å². The molecule has 2 rings (SSSR count). The van der Waals surface area contributed by atoms with Crippen molar-refractivity contribution in [3.63, 3.8) is 0 Å². The van der Waals surface area contributed by atoms with Gasteiger partial charge in [0.2, 0.25) is 0 Å². The van der Waals surface area contributed by atoms with Crippen LogP contribution in [0.1, 0.15) is 35.7 Å². The van der Waals surface area contributed by atoms with Gasteiger partial charge in [0.1, 0.15) is 5.75 Å². The Hall–Kier alpha value is -1.57. The molecule has 144 valence electrons. The van der Waals surface area contributed by atoms with Crippen LogP contribution in [0, 0.1) is 0 Å². The first-order valence-electron chi connectivity index (χ1n) is 8.68. The fraction of sp³-hybridized carbons (Fsp3) is 0.300. The Morgan fingerprint density at radius 3 is 2.59 bits per heavy atom. The van der Waals surface area contributed by atoms with Crippen LogP contribution < -0.4 is 15.4 Å². The number of carbonyl (C=O) groups excluding carboxylic acids is 1. The number of halogens is 1. The molecule has 0 bridgehead atoms. The number of unbranched alkanes of at least 4 members (excludes halogenated alkanes) is 1. The van der Waals surface area contributed by atoms with E-state index in [2.05, 4.69) is 45.6 Å². The number of amides is 1. The first kappa shape index (κ1) is 21.7. The van der Waals surface area contributed by atoms with E-state index in [1.807, 2.05) is 18.4 Å². The van der Waals surface area contributed by atoms with Crippen LogP contribution in [0.25, 0.3) is 0 Å². The van der Waals surface area contributed by atoms with Crippen molar-refractivity contribution in [1.29, 1.82) is 0 Å². The van der Waals surface area contributed by atoms with Crippen molar-refractivity contribution >= 4 is 50.9 Å². The van der Waals surface area contributed by atoms with Gasteiger partial charge >= 0.3 is 0 Å². The van der Waals surface area contributed by atoms with Gasteiger partial charge in [-0.05, 0) is 76.7 Å². The molecule has 2 N–H and O–H groups in total. The van der Waals surface area contributed by atoms with E-state index in [4.69, 9.17) is 17.0 Å². The minimum Gasteiger partial charge on any atom is -0.492 e. The van der Waals surface area contributed by atoms with Crippen molar-refractivity contribution in [2.24, 2.45) is 0 Å². The number of hydrogen-bond donors (Lipinski definition) is 2. The second kappa shape index (κ2) is 11.3. The summed E-state index contributed by atoms with van der Waals surface area (Å²) < 4.78 is 6.43. The number of carbonyl (C=O) groups is 1. The fourth-order valence-corrected chi connectivity index (χ4v) is 3.30. The van der Waals surface area contributed by atoms with Gasteiger partial charge in [0.05, 0.1) is 11.1 Å². The highest BCUT2D eigenvalue weighted by atomic mass is 79.9.